The Morgan fingerprint density at radius 1 is 1.22 bits per heavy atom. The summed E-state index contributed by atoms with van der Waals surface area (Å²) in [7, 11) is 0. The summed E-state index contributed by atoms with van der Waals surface area (Å²) in [6, 6.07) is 9.83. The molecule has 0 spiro atoms. The minimum atomic E-state index is -0.633. The number of rotatable bonds is 3. The van der Waals surface area contributed by atoms with E-state index in [0.29, 0.717) is 5.69 Å². The van der Waals surface area contributed by atoms with Crippen molar-refractivity contribution < 1.29 is 9.72 Å². The second kappa shape index (κ2) is 4.91. The highest BCUT2D eigenvalue weighted by Gasteiger charge is 2.24. The van der Waals surface area contributed by atoms with Gasteiger partial charge in [0.05, 0.1) is 4.92 Å². The van der Waals surface area contributed by atoms with Crippen molar-refractivity contribution in [1.82, 2.24) is 10.2 Å². The number of amides is 1. The van der Waals surface area contributed by atoms with Gasteiger partial charge in [-0.2, -0.15) is 5.10 Å². The van der Waals surface area contributed by atoms with E-state index in [-0.39, 0.29) is 11.4 Å². The molecule has 0 radical (unpaired) electrons. The van der Waals surface area contributed by atoms with E-state index in [9.17, 15) is 14.9 Å². The molecule has 1 aliphatic carbocycles. The van der Waals surface area contributed by atoms with Crippen LogP contribution >= 0.6 is 0 Å². The van der Waals surface area contributed by atoms with Gasteiger partial charge in [-0.15, -0.1) is 0 Å². The number of carbonyl (C=O) groups excluding carboxylic acids is 1. The van der Waals surface area contributed by atoms with Gasteiger partial charge in [-0.3, -0.25) is 20.0 Å². The maximum atomic E-state index is 12.3. The van der Waals surface area contributed by atoms with E-state index in [1.807, 2.05) is 24.3 Å². The number of benzene rings is 2. The van der Waals surface area contributed by atoms with Gasteiger partial charge < -0.3 is 5.32 Å². The van der Waals surface area contributed by atoms with Crippen molar-refractivity contribution in [2.45, 2.75) is 12.8 Å². The number of carbonyl (C=O) groups is 1. The first-order valence-electron chi connectivity index (χ1n) is 7.18. The monoisotopic (exact) mass is 308 g/mol. The van der Waals surface area contributed by atoms with Crippen molar-refractivity contribution in [2.24, 2.45) is 0 Å². The quantitative estimate of drug-likeness (QED) is 0.574. The predicted molar refractivity (Wildman–Crippen MR) is 84.6 cm³/mol. The van der Waals surface area contributed by atoms with Crippen molar-refractivity contribution in [3.05, 3.63) is 63.5 Å². The maximum Gasteiger partial charge on any atom is 0.319 e. The highest BCUT2D eigenvalue weighted by Crippen LogP contribution is 2.35. The van der Waals surface area contributed by atoms with Gasteiger partial charge in [0, 0.05) is 11.1 Å². The highest BCUT2D eigenvalue weighted by atomic mass is 16.6. The third-order valence-electron chi connectivity index (χ3n) is 4.17. The topological polar surface area (TPSA) is 101 Å². The summed E-state index contributed by atoms with van der Waals surface area (Å²) in [5, 5.41) is 21.8. The molecule has 0 fully saturated rings. The van der Waals surface area contributed by atoms with Crippen LogP contribution in [-0.2, 0) is 12.8 Å². The third kappa shape index (κ3) is 2.05. The predicted octanol–water partition coefficient (Wildman–Crippen LogP) is 2.82. The second-order valence-electron chi connectivity index (χ2n) is 5.45. The van der Waals surface area contributed by atoms with Gasteiger partial charge in [0.25, 0.3) is 5.91 Å². The first kappa shape index (κ1) is 13.4. The Kier molecular flexibility index (Phi) is 2.87. The van der Waals surface area contributed by atoms with E-state index in [4.69, 9.17) is 0 Å². The van der Waals surface area contributed by atoms with Crippen LogP contribution < -0.4 is 5.32 Å². The van der Waals surface area contributed by atoms with E-state index in [0.717, 1.165) is 24.4 Å². The summed E-state index contributed by atoms with van der Waals surface area (Å²) in [6.45, 7) is 0. The summed E-state index contributed by atoms with van der Waals surface area (Å²) in [6.07, 6.45) is 3.02. The van der Waals surface area contributed by atoms with E-state index < -0.39 is 10.8 Å². The van der Waals surface area contributed by atoms with Crippen LogP contribution in [0.25, 0.3) is 10.8 Å². The Bertz CT molecular complexity index is 951. The van der Waals surface area contributed by atoms with Crippen LogP contribution in [0, 0.1) is 10.1 Å². The summed E-state index contributed by atoms with van der Waals surface area (Å²) in [5.74, 6) is -0.576. The molecule has 7 heteroatoms. The lowest BCUT2D eigenvalue weighted by Crippen LogP contribution is -2.14. The molecular formula is C16H12N4O3. The van der Waals surface area contributed by atoms with Crippen LogP contribution in [0.3, 0.4) is 0 Å². The summed E-state index contributed by atoms with van der Waals surface area (Å²) in [4.78, 5) is 22.6. The first-order chi connectivity index (χ1) is 11.1. The summed E-state index contributed by atoms with van der Waals surface area (Å²) < 4.78 is 0. The first-order valence-corrected chi connectivity index (χ1v) is 7.18. The Hall–Kier alpha value is -3.22. The second-order valence-corrected chi connectivity index (χ2v) is 5.45. The molecule has 1 heterocycles. The van der Waals surface area contributed by atoms with Crippen molar-refractivity contribution in [1.29, 1.82) is 0 Å². The van der Waals surface area contributed by atoms with Gasteiger partial charge in [-0.05, 0) is 35.4 Å². The minimum absolute atomic E-state index is 0.154. The Balaban J connectivity index is 1.75. The average Bonchev–Trinajstić information content (AvgIpc) is 3.18. The fourth-order valence-electron chi connectivity index (χ4n) is 3.13. The van der Waals surface area contributed by atoms with E-state index in [1.54, 1.807) is 0 Å². The van der Waals surface area contributed by atoms with Gasteiger partial charge in [0.2, 0.25) is 5.69 Å². The Morgan fingerprint density at radius 2 is 2.00 bits per heavy atom. The molecule has 1 amide bonds. The number of aromatic amines is 1. The number of hydrogen-bond acceptors (Lipinski definition) is 4. The molecule has 2 aromatic carbocycles. The SMILES string of the molecule is O=C(Nc1ccc2c3c(cccc13)CC2)c1[nH]ncc1[N+](=O)[O-]. The number of aromatic nitrogens is 2. The third-order valence-corrected chi connectivity index (χ3v) is 4.17. The number of anilines is 1. The minimum Gasteiger partial charge on any atom is -0.320 e. The molecule has 0 aliphatic heterocycles. The molecule has 1 aromatic heterocycles. The molecule has 114 valence electrons. The maximum absolute atomic E-state index is 12.3. The molecule has 2 N–H and O–H groups in total. The molecule has 7 nitrogen and oxygen atoms in total. The zero-order valence-electron chi connectivity index (χ0n) is 12.0. The lowest BCUT2D eigenvalue weighted by molar-refractivity contribution is -0.385. The van der Waals surface area contributed by atoms with Gasteiger partial charge in [-0.25, -0.2) is 0 Å². The van der Waals surface area contributed by atoms with Crippen molar-refractivity contribution in [3.8, 4) is 0 Å². The van der Waals surface area contributed by atoms with E-state index >= 15 is 0 Å². The molecule has 0 saturated heterocycles. The Labute approximate surface area is 130 Å². The van der Waals surface area contributed by atoms with Crippen LogP contribution in [0.15, 0.2) is 36.5 Å². The number of H-pyrrole nitrogens is 1. The van der Waals surface area contributed by atoms with E-state index in [1.165, 1.54) is 16.5 Å². The van der Waals surface area contributed by atoms with Gasteiger partial charge >= 0.3 is 5.69 Å². The summed E-state index contributed by atoms with van der Waals surface area (Å²) >= 11 is 0. The van der Waals surface area contributed by atoms with Crippen LogP contribution in [0.2, 0.25) is 0 Å². The average molecular weight is 308 g/mol. The smallest absolute Gasteiger partial charge is 0.319 e. The Morgan fingerprint density at radius 3 is 2.78 bits per heavy atom. The van der Waals surface area contributed by atoms with Gasteiger partial charge in [-0.1, -0.05) is 24.3 Å². The molecule has 3 aromatic rings. The molecule has 0 saturated carbocycles. The zero-order valence-corrected chi connectivity index (χ0v) is 12.0. The normalized spacial score (nSPS) is 12.5. The fourth-order valence-corrected chi connectivity index (χ4v) is 3.13. The van der Waals surface area contributed by atoms with Crippen LogP contribution in [-0.4, -0.2) is 21.0 Å². The van der Waals surface area contributed by atoms with E-state index in [2.05, 4.69) is 21.6 Å². The molecule has 1 aliphatic rings. The molecule has 0 atom stereocenters. The lowest BCUT2D eigenvalue weighted by atomic mass is 10.0. The van der Waals surface area contributed by atoms with Gasteiger partial charge in [0.1, 0.15) is 6.20 Å². The molecule has 0 bridgehead atoms. The molecular weight excluding hydrogens is 296 g/mol. The summed E-state index contributed by atoms with van der Waals surface area (Å²) in [5.41, 5.74) is 2.68. The molecule has 0 unspecified atom stereocenters. The highest BCUT2D eigenvalue weighted by molar-refractivity contribution is 6.11. The number of nitrogens with zero attached hydrogens (tertiary/aromatic N) is 2. The number of nitro groups is 1. The van der Waals surface area contributed by atoms with Crippen LogP contribution in [0.5, 0.6) is 0 Å². The van der Waals surface area contributed by atoms with Crippen molar-refractivity contribution in [2.75, 3.05) is 5.32 Å². The zero-order chi connectivity index (χ0) is 16.0. The lowest BCUT2D eigenvalue weighted by Gasteiger charge is -2.09. The number of nitrogens with one attached hydrogen (secondary N) is 2. The molecule has 4 rings (SSSR count). The van der Waals surface area contributed by atoms with Crippen molar-refractivity contribution >= 4 is 28.1 Å². The fraction of sp³-hybridized carbons (Fsp3) is 0.125. The molecule has 23 heavy (non-hydrogen) atoms. The number of hydrogen-bond donors (Lipinski definition) is 2. The van der Waals surface area contributed by atoms with Crippen LogP contribution in [0.1, 0.15) is 21.6 Å². The van der Waals surface area contributed by atoms with Crippen molar-refractivity contribution in [3.63, 3.8) is 0 Å². The van der Waals surface area contributed by atoms with Gasteiger partial charge in [0.15, 0.2) is 0 Å². The number of aryl methyl sites for hydroxylation is 2. The largest absolute Gasteiger partial charge is 0.320 e. The van der Waals surface area contributed by atoms with Crippen LogP contribution in [0.4, 0.5) is 11.4 Å². The standard InChI is InChI=1S/C16H12N4O3/c21-16(15-13(20(22)23)8-17-19-15)18-12-7-6-10-5-4-9-2-1-3-11(12)14(9)10/h1-3,6-8H,4-5H2,(H,17,19)(H,18,21).